The van der Waals surface area contributed by atoms with E-state index in [1.165, 1.54) is 199 Å². The van der Waals surface area contributed by atoms with Crippen LogP contribution in [0.15, 0.2) is 0 Å². The first-order valence-electron chi connectivity index (χ1n) is 39.0. The second-order valence-corrected chi connectivity index (χ2v) is 30.7. The number of aliphatic hydroxyl groups excluding tert-OH is 1. The van der Waals surface area contributed by atoms with E-state index in [4.69, 9.17) is 37.0 Å². The highest BCUT2D eigenvalue weighted by Crippen LogP contribution is 2.45. The zero-order chi connectivity index (χ0) is 69.3. The summed E-state index contributed by atoms with van der Waals surface area (Å²) in [6.07, 6.45) is 54.8. The minimum Gasteiger partial charge on any atom is -0.462 e. The zero-order valence-corrected chi connectivity index (χ0v) is 63.1. The first kappa shape index (κ1) is 92.1. The van der Waals surface area contributed by atoms with E-state index in [9.17, 15) is 43.2 Å². The predicted molar refractivity (Wildman–Crippen MR) is 381 cm³/mol. The highest BCUT2D eigenvalue weighted by atomic mass is 31.2. The summed E-state index contributed by atoms with van der Waals surface area (Å²) in [4.78, 5) is 72.4. The van der Waals surface area contributed by atoms with Crippen molar-refractivity contribution in [3.05, 3.63) is 0 Å². The van der Waals surface area contributed by atoms with Crippen molar-refractivity contribution in [3.8, 4) is 0 Å². The van der Waals surface area contributed by atoms with Gasteiger partial charge in [0.25, 0.3) is 0 Å². The quantitative estimate of drug-likeness (QED) is 0.0222. The molecule has 19 heteroatoms. The van der Waals surface area contributed by atoms with Gasteiger partial charge in [-0.2, -0.15) is 0 Å². The lowest BCUT2D eigenvalue weighted by molar-refractivity contribution is -0.161. The lowest BCUT2D eigenvalue weighted by Gasteiger charge is -2.21. The van der Waals surface area contributed by atoms with Crippen LogP contribution in [0.5, 0.6) is 0 Å². The zero-order valence-electron chi connectivity index (χ0n) is 61.3. The van der Waals surface area contributed by atoms with Gasteiger partial charge >= 0.3 is 39.5 Å². The van der Waals surface area contributed by atoms with Gasteiger partial charge in [-0.05, 0) is 37.5 Å². The lowest BCUT2D eigenvalue weighted by Crippen LogP contribution is -2.30. The van der Waals surface area contributed by atoms with E-state index in [-0.39, 0.29) is 25.7 Å². The monoisotopic (exact) mass is 1380 g/mol. The van der Waals surface area contributed by atoms with Gasteiger partial charge in [0.05, 0.1) is 26.4 Å². The minimum atomic E-state index is -4.95. The molecule has 3 N–H and O–H groups in total. The molecule has 0 saturated carbocycles. The van der Waals surface area contributed by atoms with E-state index in [1.807, 2.05) is 0 Å². The summed E-state index contributed by atoms with van der Waals surface area (Å²) in [5.74, 6) is -0.586. The van der Waals surface area contributed by atoms with Gasteiger partial charge in [0, 0.05) is 25.7 Å². The van der Waals surface area contributed by atoms with Gasteiger partial charge in [-0.3, -0.25) is 37.3 Å². The fraction of sp³-hybridized carbons (Fsp3) is 0.947. The van der Waals surface area contributed by atoms with Crippen molar-refractivity contribution >= 4 is 39.5 Å². The topological polar surface area (TPSA) is 237 Å². The third-order valence-corrected chi connectivity index (χ3v) is 19.7. The Morgan fingerprint density at radius 3 is 0.809 bits per heavy atom. The molecule has 0 aliphatic rings. The number of hydrogen-bond donors (Lipinski definition) is 3. The van der Waals surface area contributed by atoms with Crippen molar-refractivity contribution in [1.82, 2.24) is 0 Å². The van der Waals surface area contributed by atoms with Crippen molar-refractivity contribution in [3.63, 3.8) is 0 Å². The number of unbranched alkanes of at least 4 members (excludes halogenated alkanes) is 43. The molecule has 558 valence electrons. The van der Waals surface area contributed by atoms with Gasteiger partial charge in [-0.25, -0.2) is 9.13 Å². The Kier molecular flexibility index (Phi) is 65.5. The van der Waals surface area contributed by atoms with Crippen molar-refractivity contribution in [1.29, 1.82) is 0 Å². The number of hydrogen-bond acceptors (Lipinski definition) is 15. The molecule has 0 saturated heterocycles. The summed E-state index contributed by atoms with van der Waals surface area (Å²) < 4.78 is 68.2. The van der Waals surface area contributed by atoms with Crippen LogP contribution in [0, 0.1) is 11.8 Å². The molecule has 0 rings (SSSR count). The van der Waals surface area contributed by atoms with Crippen molar-refractivity contribution in [2.24, 2.45) is 11.8 Å². The normalized spacial score (nSPS) is 14.3. The van der Waals surface area contributed by atoms with E-state index in [1.54, 1.807) is 0 Å². The molecular weight excluding hydrogens is 1230 g/mol. The van der Waals surface area contributed by atoms with Gasteiger partial charge < -0.3 is 33.8 Å². The number of carbonyl (C=O) groups excluding carboxylic acids is 4. The maximum Gasteiger partial charge on any atom is 0.472 e. The smallest absolute Gasteiger partial charge is 0.462 e. The average molecular weight is 1380 g/mol. The Morgan fingerprint density at radius 2 is 0.543 bits per heavy atom. The maximum atomic E-state index is 13.1. The highest BCUT2D eigenvalue weighted by molar-refractivity contribution is 7.47. The van der Waals surface area contributed by atoms with Crippen LogP contribution in [0.2, 0.25) is 0 Å². The third kappa shape index (κ3) is 67.3. The van der Waals surface area contributed by atoms with E-state index < -0.39 is 97.5 Å². The molecule has 0 aromatic heterocycles. The Labute approximate surface area is 575 Å². The predicted octanol–water partition coefficient (Wildman–Crippen LogP) is 21.9. The second kappa shape index (κ2) is 66.9. The largest absolute Gasteiger partial charge is 0.472 e. The van der Waals surface area contributed by atoms with Gasteiger partial charge in [-0.15, -0.1) is 0 Å². The summed E-state index contributed by atoms with van der Waals surface area (Å²) in [6.45, 7) is 9.48. The molecule has 0 bridgehead atoms. The van der Waals surface area contributed by atoms with Crippen LogP contribution in [0.3, 0.4) is 0 Å². The number of phosphoric ester groups is 2. The first-order valence-corrected chi connectivity index (χ1v) is 42.0. The molecule has 0 aromatic carbocycles. The van der Waals surface area contributed by atoms with Crippen molar-refractivity contribution in [2.75, 3.05) is 39.6 Å². The van der Waals surface area contributed by atoms with Crippen molar-refractivity contribution in [2.45, 2.75) is 407 Å². The molecule has 0 fully saturated rings. The molecular formula is C75H146O17P2. The molecule has 6 atom stereocenters. The fourth-order valence-corrected chi connectivity index (χ4v) is 13.0. The lowest BCUT2D eigenvalue weighted by atomic mass is 9.99. The highest BCUT2D eigenvalue weighted by Gasteiger charge is 2.30. The second-order valence-electron chi connectivity index (χ2n) is 27.8. The van der Waals surface area contributed by atoms with E-state index in [0.29, 0.717) is 31.6 Å². The van der Waals surface area contributed by atoms with Crippen LogP contribution in [-0.4, -0.2) is 96.7 Å². The molecule has 0 heterocycles. The van der Waals surface area contributed by atoms with E-state index in [2.05, 4.69) is 41.5 Å². The van der Waals surface area contributed by atoms with Gasteiger partial charge in [0.2, 0.25) is 0 Å². The van der Waals surface area contributed by atoms with Crippen LogP contribution >= 0.6 is 15.6 Å². The molecule has 94 heavy (non-hydrogen) atoms. The van der Waals surface area contributed by atoms with Crippen LogP contribution in [-0.2, 0) is 65.4 Å². The number of rotatable bonds is 74. The van der Waals surface area contributed by atoms with Gasteiger partial charge in [0.15, 0.2) is 12.2 Å². The Morgan fingerprint density at radius 1 is 0.309 bits per heavy atom. The van der Waals surface area contributed by atoms with Gasteiger partial charge in [0.1, 0.15) is 19.3 Å². The maximum absolute atomic E-state index is 13.1. The number of ether oxygens (including phenoxy) is 4. The molecule has 17 nitrogen and oxygen atoms in total. The molecule has 0 radical (unpaired) electrons. The fourth-order valence-electron chi connectivity index (χ4n) is 11.4. The van der Waals surface area contributed by atoms with E-state index >= 15 is 0 Å². The summed E-state index contributed by atoms with van der Waals surface area (Å²) in [7, 11) is -9.90. The Hall–Kier alpha value is -1.94. The average Bonchev–Trinajstić information content (AvgIpc) is 2.34. The standard InChI is InChI=1S/C75H146O17P2/c1-7-10-12-14-15-16-17-18-19-20-21-22-23-24-25-30-33-36-41-47-53-59-74(79)92-71(64-86-73(78)58-52-46-40-35-32-29-27-26-28-31-34-39-45-50-56-68(6)9-3)66-90-94(83,84)88-62-69(76)61-87-93(81,82)89-65-70(63-85-72(77)57-51-43-13-11-8-2)91-75(80)60-54-48-42-37-38-44-49-55-67(4)5/h67-71,76H,7-66H2,1-6H3,(H,81,82)(H,83,84)/t68?,69-,70+,71+/m0/s1. The van der Waals surface area contributed by atoms with Gasteiger partial charge in [-0.1, -0.05) is 337 Å². The summed E-state index contributed by atoms with van der Waals surface area (Å²) in [6, 6.07) is 0. The molecule has 0 aliphatic carbocycles. The number of phosphoric acid groups is 2. The van der Waals surface area contributed by atoms with Crippen LogP contribution in [0.25, 0.3) is 0 Å². The van der Waals surface area contributed by atoms with Crippen LogP contribution in [0.4, 0.5) is 0 Å². The first-order chi connectivity index (χ1) is 45.4. The SMILES string of the molecule is CCCCCCCCCCCCCCCCCCCCCCCC(=O)O[C@H](COC(=O)CCCCCCCCCCCCCCCCC(C)CC)COP(=O)(O)OC[C@@H](O)COP(=O)(O)OC[C@@H](COC(=O)CCCCCCC)OC(=O)CCCCCCCCCC(C)C. The van der Waals surface area contributed by atoms with Crippen LogP contribution < -0.4 is 0 Å². The molecule has 0 spiro atoms. The Balaban J connectivity index is 5.11. The molecule has 3 unspecified atom stereocenters. The Bertz CT molecular complexity index is 1820. The molecule has 0 amide bonds. The third-order valence-electron chi connectivity index (χ3n) is 17.8. The molecule has 0 aromatic rings. The van der Waals surface area contributed by atoms with Crippen LogP contribution in [0.1, 0.15) is 388 Å². The summed E-state index contributed by atoms with van der Waals surface area (Å²) in [5.41, 5.74) is 0. The number of aliphatic hydroxyl groups is 1. The van der Waals surface area contributed by atoms with E-state index in [0.717, 1.165) is 102 Å². The van der Waals surface area contributed by atoms with Crippen molar-refractivity contribution < 1.29 is 80.2 Å². The number of carbonyl (C=O) groups is 4. The molecule has 0 aliphatic heterocycles. The minimum absolute atomic E-state index is 0.103. The number of esters is 4. The summed E-state index contributed by atoms with van der Waals surface area (Å²) >= 11 is 0. The summed E-state index contributed by atoms with van der Waals surface area (Å²) in [5, 5.41) is 10.6.